The SMILES string of the molecule is CC.Cc1nccc(C(F)F)n1. The van der Waals surface area contributed by atoms with Gasteiger partial charge in [0.15, 0.2) is 0 Å². The first-order valence-electron chi connectivity index (χ1n) is 3.78. The van der Waals surface area contributed by atoms with Gasteiger partial charge in [0.25, 0.3) is 6.43 Å². The number of hydrogen-bond acceptors (Lipinski definition) is 2. The first-order chi connectivity index (χ1) is 5.70. The fourth-order valence-corrected chi connectivity index (χ4v) is 0.596. The predicted octanol–water partition coefficient (Wildman–Crippen LogP) is 2.75. The molecule has 0 aliphatic rings. The molecule has 12 heavy (non-hydrogen) atoms. The van der Waals surface area contributed by atoms with E-state index in [4.69, 9.17) is 0 Å². The van der Waals surface area contributed by atoms with E-state index < -0.39 is 6.43 Å². The highest BCUT2D eigenvalue weighted by atomic mass is 19.3. The average molecular weight is 174 g/mol. The third kappa shape index (κ3) is 3.37. The fourth-order valence-electron chi connectivity index (χ4n) is 0.596. The largest absolute Gasteiger partial charge is 0.280 e. The lowest BCUT2D eigenvalue weighted by Crippen LogP contribution is -1.93. The van der Waals surface area contributed by atoms with E-state index in [2.05, 4.69) is 9.97 Å². The van der Waals surface area contributed by atoms with Gasteiger partial charge in [-0.3, -0.25) is 0 Å². The number of rotatable bonds is 1. The summed E-state index contributed by atoms with van der Waals surface area (Å²) in [5, 5.41) is 0. The zero-order chi connectivity index (χ0) is 9.56. The molecule has 2 nitrogen and oxygen atoms in total. The number of aryl methyl sites for hydroxylation is 1. The van der Waals surface area contributed by atoms with Gasteiger partial charge < -0.3 is 0 Å². The number of halogens is 2. The van der Waals surface area contributed by atoms with E-state index in [1.807, 2.05) is 13.8 Å². The Labute approximate surface area is 70.7 Å². The van der Waals surface area contributed by atoms with Gasteiger partial charge in [-0.15, -0.1) is 0 Å². The summed E-state index contributed by atoms with van der Waals surface area (Å²) in [7, 11) is 0. The molecule has 0 N–H and O–H groups in total. The Morgan fingerprint density at radius 3 is 2.25 bits per heavy atom. The Morgan fingerprint density at radius 1 is 1.33 bits per heavy atom. The normalized spacial score (nSPS) is 9.17. The van der Waals surface area contributed by atoms with Gasteiger partial charge in [0, 0.05) is 6.20 Å². The van der Waals surface area contributed by atoms with E-state index in [0.29, 0.717) is 5.82 Å². The average Bonchev–Trinajstić information content (AvgIpc) is 2.08. The Morgan fingerprint density at radius 2 is 1.92 bits per heavy atom. The van der Waals surface area contributed by atoms with Crippen molar-refractivity contribution in [1.82, 2.24) is 9.97 Å². The van der Waals surface area contributed by atoms with Crippen LogP contribution in [0.1, 0.15) is 31.8 Å². The lowest BCUT2D eigenvalue weighted by atomic mass is 10.4. The molecule has 1 heterocycles. The molecule has 68 valence electrons. The monoisotopic (exact) mass is 174 g/mol. The number of hydrogen-bond donors (Lipinski definition) is 0. The Balaban J connectivity index is 0.000000561. The van der Waals surface area contributed by atoms with E-state index >= 15 is 0 Å². The summed E-state index contributed by atoms with van der Waals surface area (Å²) in [6, 6.07) is 1.21. The highest BCUT2D eigenvalue weighted by Crippen LogP contribution is 2.14. The topological polar surface area (TPSA) is 25.8 Å². The van der Waals surface area contributed by atoms with E-state index in [0.717, 1.165) is 0 Å². The molecule has 0 aliphatic heterocycles. The molecule has 0 atom stereocenters. The van der Waals surface area contributed by atoms with Crippen LogP contribution in [0.2, 0.25) is 0 Å². The Bertz CT molecular complexity index is 226. The van der Waals surface area contributed by atoms with Crippen molar-refractivity contribution in [2.75, 3.05) is 0 Å². The van der Waals surface area contributed by atoms with Gasteiger partial charge in [-0.05, 0) is 13.0 Å². The minimum Gasteiger partial charge on any atom is -0.242 e. The summed E-state index contributed by atoms with van der Waals surface area (Å²) < 4.78 is 23.7. The quantitative estimate of drug-likeness (QED) is 0.654. The second-order valence-electron chi connectivity index (χ2n) is 1.83. The summed E-state index contributed by atoms with van der Waals surface area (Å²) in [5.74, 6) is 0.373. The summed E-state index contributed by atoms with van der Waals surface area (Å²) in [4.78, 5) is 7.19. The molecular formula is C8H12F2N2. The minimum atomic E-state index is -2.50. The highest BCUT2D eigenvalue weighted by Gasteiger charge is 2.07. The van der Waals surface area contributed by atoms with E-state index in [1.54, 1.807) is 6.92 Å². The van der Waals surface area contributed by atoms with Crippen LogP contribution in [0.25, 0.3) is 0 Å². The summed E-state index contributed by atoms with van der Waals surface area (Å²) >= 11 is 0. The van der Waals surface area contributed by atoms with Gasteiger partial charge >= 0.3 is 0 Å². The first kappa shape index (κ1) is 10.9. The van der Waals surface area contributed by atoms with Gasteiger partial charge in [-0.1, -0.05) is 13.8 Å². The highest BCUT2D eigenvalue weighted by molar-refractivity contribution is 5.02. The van der Waals surface area contributed by atoms with Crippen LogP contribution < -0.4 is 0 Å². The fraction of sp³-hybridized carbons (Fsp3) is 0.500. The van der Waals surface area contributed by atoms with Crippen molar-refractivity contribution in [3.63, 3.8) is 0 Å². The van der Waals surface area contributed by atoms with Crippen LogP contribution >= 0.6 is 0 Å². The van der Waals surface area contributed by atoms with Crippen molar-refractivity contribution >= 4 is 0 Å². The third-order valence-corrected chi connectivity index (χ3v) is 1.02. The zero-order valence-electron chi connectivity index (χ0n) is 7.38. The number of aromatic nitrogens is 2. The standard InChI is InChI=1S/C6H6F2N2.C2H6/c1-4-9-3-2-5(10-4)6(7)8;1-2/h2-3,6H,1H3;1-2H3. The summed E-state index contributed by atoms with van der Waals surface area (Å²) in [5.41, 5.74) is -0.215. The summed E-state index contributed by atoms with van der Waals surface area (Å²) in [6.07, 6.45) is -1.18. The van der Waals surface area contributed by atoms with E-state index in [9.17, 15) is 8.78 Å². The van der Waals surface area contributed by atoms with Crippen molar-refractivity contribution in [3.8, 4) is 0 Å². The molecular weight excluding hydrogens is 162 g/mol. The first-order valence-corrected chi connectivity index (χ1v) is 3.78. The maximum absolute atomic E-state index is 11.9. The molecule has 1 aromatic heterocycles. The molecule has 0 fully saturated rings. The molecule has 0 saturated heterocycles. The third-order valence-electron chi connectivity index (χ3n) is 1.02. The van der Waals surface area contributed by atoms with Crippen LogP contribution in [-0.2, 0) is 0 Å². The van der Waals surface area contributed by atoms with Crippen molar-refractivity contribution in [2.24, 2.45) is 0 Å². The summed E-state index contributed by atoms with van der Waals surface area (Å²) in [6.45, 7) is 5.58. The van der Waals surface area contributed by atoms with Crippen LogP contribution in [0.4, 0.5) is 8.78 Å². The van der Waals surface area contributed by atoms with Crippen molar-refractivity contribution in [2.45, 2.75) is 27.2 Å². The second-order valence-corrected chi connectivity index (χ2v) is 1.83. The van der Waals surface area contributed by atoms with Gasteiger partial charge in [0.2, 0.25) is 0 Å². The smallest absolute Gasteiger partial charge is 0.242 e. The van der Waals surface area contributed by atoms with Crippen LogP contribution in [-0.4, -0.2) is 9.97 Å². The predicted molar refractivity (Wildman–Crippen MR) is 43.1 cm³/mol. The molecule has 0 radical (unpaired) electrons. The Hall–Kier alpha value is -1.06. The van der Waals surface area contributed by atoms with Crippen molar-refractivity contribution in [1.29, 1.82) is 0 Å². The van der Waals surface area contributed by atoms with Crippen LogP contribution in [0.3, 0.4) is 0 Å². The lowest BCUT2D eigenvalue weighted by molar-refractivity contribution is 0.145. The molecule has 0 saturated carbocycles. The molecule has 1 aromatic rings. The van der Waals surface area contributed by atoms with Gasteiger partial charge in [0.1, 0.15) is 11.5 Å². The number of nitrogens with zero attached hydrogens (tertiary/aromatic N) is 2. The second kappa shape index (κ2) is 5.57. The molecule has 0 aromatic carbocycles. The van der Waals surface area contributed by atoms with Gasteiger partial charge in [-0.2, -0.15) is 0 Å². The lowest BCUT2D eigenvalue weighted by Gasteiger charge is -1.96. The molecule has 0 unspecified atom stereocenters. The molecule has 0 aliphatic carbocycles. The molecule has 0 amide bonds. The van der Waals surface area contributed by atoms with Crippen LogP contribution in [0.15, 0.2) is 12.3 Å². The Kier molecular flexibility index (Phi) is 5.08. The van der Waals surface area contributed by atoms with Gasteiger partial charge in [0.05, 0.1) is 0 Å². The van der Waals surface area contributed by atoms with Crippen LogP contribution in [0, 0.1) is 6.92 Å². The minimum absolute atomic E-state index is 0.215. The van der Waals surface area contributed by atoms with Crippen molar-refractivity contribution in [3.05, 3.63) is 23.8 Å². The maximum Gasteiger partial charge on any atom is 0.280 e. The van der Waals surface area contributed by atoms with Crippen LogP contribution in [0.5, 0.6) is 0 Å². The van der Waals surface area contributed by atoms with E-state index in [1.165, 1.54) is 12.3 Å². The zero-order valence-corrected chi connectivity index (χ0v) is 7.38. The van der Waals surface area contributed by atoms with Gasteiger partial charge in [-0.25, -0.2) is 18.7 Å². The maximum atomic E-state index is 11.9. The molecule has 1 rings (SSSR count). The molecule has 0 bridgehead atoms. The molecule has 0 spiro atoms. The number of alkyl halides is 2. The molecule has 4 heteroatoms. The van der Waals surface area contributed by atoms with Crippen molar-refractivity contribution < 1.29 is 8.78 Å². The van der Waals surface area contributed by atoms with E-state index in [-0.39, 0.29) is 5.69 Å².